The second kappa shape index (κ2) is 7.85. The molecule has 166 valence electrons. The van der Waals surface area contributed by atoms with Crippen molar-refractivity contribution in [3.63, 3.8) is 0 Å². The Labute approximate surface area is 189 Å². The Morgan fingerprint density at radius 2 is 1.82 bits per heavy atom. The largest absolute Gasteiger partial charge is 0.433 e. The summed E-state index contributed by atoms with van der Waals surface area (Å²) in [4.78, 5) is 17.8. The third-order valence-electron chi connectivity index (χ3n) is 4.80. The van der Waals surface area contributed by atoms with Gasteiger partial charge in [-0.05, 0) is 36.6 Å². The third kappa shape index (κ3) is 3.98. The molecule has 1 N–H and O–H groups in total. The van der Waals surface area contributed by atoms with E-state index in [1.54, 1.807) is 30.5 Å². The maximum absolute atomic E-state index is 13.7. The zero-order valence-corrected chi connectivity index (χ0v) is 17.9. The summed E-state index contributed by atoms with van der Waals surface area (Å²) in [5.41, 5.74) is 0.249. The van der Waals surface area contributed by atoms with Crippen LogP contribution >= 0.6 is 11.3 Å². The van der Waals surface area contributed by atoms with Gasteiger partial charge in [0.05, 0.1) is 22.0 Å². The molecular formula is C22H15F3N6OS. The van der Waals surface area contributed by atoms with Crippen molar-refractivity contribution in [1.82, 2.24) is 24.4 Å². The van der Waals surface area contributed by atoms with E-state index in [0.717, 1.165) is 11.8 Å². The van der Waals surface area contributed by atoms with Gasteiger partial charge in [0.25, 0.3) is 5.91 Å². The zero-order valence-electron chi connectivity index (χ0n) is 17.0. The van der Waals surface area contributed by atoms with Crippen LogP contribution in [0.1, 0.15) is 21.9 Å². The minimum absolute atomic E-state index is 0.0777. The number of hydrogen-bond donors (Lipinski definition) is 1. The maximum Gasteiger partial charge on any atom is 0.433 e. The molecule has 0 spiro atoms. The summed E-state index contributed by atoms with van der Waals surface area (Å²) in [7, 11) is 0. The summed E-state index contributed by atoms with van der Waals surface area (Å²) in [5, 5.41) is 12.7. The Hall–Kier alpha value is -3.99. The van der Waals surface area contributed by atoms with Gasteiger partial charge in [0.2, 0.25) is 0 Å². The van der Waals surface area contributed by atoms with E-state index in [1.807, 2.05) is 30.3 Å². The molecule has 5 rings (SSSR count). The Balaban J connectivity index is 1.54. The molecule has 0 saturated carbocycles. The first-order chi connectivity index (χ1) is 15.8. The first-order valence-corrected chi connectivity index (χ1v) is 10.6. The van der Waals surface area contributed by atoms with Gasteiger partial charge in [-0.2, -0.15) is 23.4 Å². The van der Waals surface area contributed by atoms with Crippen LogP contribution in [0.25, 0.3) is 21.9 Å². The highest BCUT2D eigenvalue weighted by atomic mass is 32.1. The molecule has 7 nitrogen and oxygen atoms in total. The molecule has 0 unspecified atom stereocenters. The summed E-state index contributed by atoms with van der Waals surface area (Å²) in [5.74, 6) is -0.313. The smallest absolute Gasteiger partial charge is 0.305 e. The Bertz CT molecular complexity index is 1460. The van der Waals surface area contributed by atoms with E-state index >= 15 is 0 Å². The van der Waals surface area contributed by atoms with Crippen LogP contribution in [0.4, 0.5) is 19.0 Å². The van der Waals surface area contributed by atoms with E-state index in [1.165, 1.54) is 22.1 Å². The minimum Gasteiger partial charge on any atom is -0.305 e. The average Bonchev–Trinajstić information content (AvgIpc) is 3.52. The molecule has 0 saturated heterocycles. The number of hydrogen-bond acceptors (Lipinski definition) is 5. The predicted octanol–water partition coefficient (Wildman–Crippen LogP) is 5.22. The molecule has 1 amide bonds. The number of fused-ring (bicyclic) bond motifs is 1. The van der Waals surface area contributed by atoms with Gasteiger partial charge in [0.15, 0.2) is 17.0 Å². The fourth-order valence-electron chi connectivity index (χ4n) is 3.37. The lowest BCUT2D eigenvalue weighted by atomic mass is 10.2. The molecule has 1 aromatic carbocycles. The van der Waals surface area contributed by atoms with E-state index in [9.17, 15) is 18.0 Å². The van der Waals surface area contributed by atoms with Gasteiger partial charge >= 0.3 is 6.18 Å². The maximum atomic E-state index is 13.7. The van der Waals surface area contributed by atoms with Gasteiger partial charge in [-0.15, -0.1) is 11.3 Å². The molecule has 0 radical (unpaired) electrons. The number of benzene rings is 1. The van der Waals surface area contributed by atoms with Crippen LogP contribution in [0.5, 0.6) is 0 Å². The fraction of sp³-hybridized carbons (Fsp3) is 0.0909. The predicted molar refractivity (Wildman–Crippen MR) is 118 cm³/mol. The molecule has 0 bridgehead atoms. The van der Waals surface area contributed by atoms with Crippen LogP contribution in [-0.4, -0.2) is 30.3 Å². The number of nitrogens with zero attached hydrogens (tertiary/aromatic N) is 5. The second-order valence-electron chi connectivity index (χ2n) is 7.17. The summed E-state index contributed by atoms with van der Waals surface area (Å²) in [6, 6.07) is 16.4. The van der Waals surface area contributed by atoms with Crippen molar-refractivity contribution >= 4 is 28.7 Å². The molecule has 0 aliphatic heterocycles. The van der Waals surface area contributed by atoms with Crippen molar-refractivity contribution in [3.8, 4) is 16.3 Å². The van der Waals surface area contributed by atoms with Crippen LogP contribution in [0, 0.1) is 6.92 Å². The summed E-state index contributed by atoms with van der Waals surface area (Å²) < 4.78 is 43.4. The number of halogens is 3. The highest BCUT2D eigenvalue weighted by Crippen LogP contribution is 2.33. The second-order valence-corrected chi connectivity index (χ2v) is 8.12. The van der Waals surface area contributed by atoms with Crippen molar-refractivity contribution < 1.29 is 18.0 Å². The van der Waals surface area contributed by atoms with E-state index in [2.05, 4.69) is 20.5 Å². The lowest BCUT2D eigenvalue weighted by molar-refractivity contribution is -0.142. The Morgan fingerprint density at radius 1 is 1.03 bits per heavy atom. The van der Waals surface area contributed by atoms with E-state index in [-0.39, 0.29) is 17.0 Å². The molecule has 0 aliphatic carbocycles. The molecule has 5 aromatic rings. The lowest BCUT2D eigenvalue weighted by Crippen LogP contribution is -2.17. The average molecular weight is 468 g/mol. The van der Waals surface area contributed by atoms with Crippen molar-refractivity contribution in [1.29, 1.82) is 0 Å². The van der Waals surface area contributed by atoms with Crippen LogP contribution in [0.2, 0.25) is 0 Å². The number of amides is 1. The van der Waals surface area contributed by atoms with E-state index in [0.29, 0.717) is 20.9 Å². The van der Waals surface area contributed by atoms with Gasteiger partial charge in [-0.25, -0.2) is 14.2 Å². The van der Waals surface area contributed by atoms with Crippen LogP contribution in [0.3, 0.4) is 0 Å². The van der Waals surface area contributed by atoms with Gasteiger partial charge in [0, 0.05) is 12.1 Å². The highest BCUT2D eigenvalue weighted by Gasteiger charge is 2.35. The Kier molecular flexibility index (Phi) is 4.97. The molecule has 0 aliphatic rings. The quantitative estimate of drug-likeness (QED) is 0.392. The molecule has 11 heteroatoms. The normalized spacial score (nSPS) is 11.8. The number of thiophene rings is 1. The van der Waals surface area contributed by atoms with Crippen molar-refractivity contribution in [3.05, 3.63) is 83.1 Å². The SMILES string of the molecule is Cc1cc(NC(=O)c2cc3nc(-c4cccs4)cc(C(F)(F)F)n3n2)n(-c2ccccc2)n1. The van der Waals surface area contributed by atoms with Gasteiger partial charge < -0.3 is 5.32 Å². The summed E-state index contributed by atoms with van der Waals surface area (Å²) in [6.07, 6.45) is -4.68. The van der Waals surface area contributed by atoms with Crippen molar-refractivity contribution in [2.45, 2.75) is 13.1 Å². The molecule has 0 atom stereocenters. The first kappa shape index (κ1) is 20.9. The topological polar surface area (TPSA) is 77.1 Å². The number of aryl methyl sites for hydroxylation is 1. The molecule has 0 fully saturated rings. The first-order valence-electron chi connectivity index (χ1n) is 9.75. The fourth-order valence-corrected chi connectivity index (χ4v) is 4.06. The summed E-state index contributed by atoms with van der Waals surface area (Å²) >= 11 is 1.27. The number of carbonyl (C=O) groups excluding carboxylic acids is 1. The van der Waals surface area contributed by atoms with Gasteiger partial charge in [-0.3, -0.25) is 4.79 Å². The van der Waals surface area contributed by atoms with Crippen molar-refractivity contribution in [2.75, 3.05) is 5.32 Å². The molecule has 4 heterocycles. The lowest BCUT2D eigenvalue weighted by Gasteiger charge is -2.10. The van der Waals surface area contributed by atoms with Crippen LogP contribution in [0.15, 0.2) is 66.0 Å². The molecule has 33 heavy (non-hydrogen) atoms. The number of aromatic nitrogens is 5. The van der Waals surface area contributed by atoms with Crippen LogP contribution < -0.4 is 5.32 Å². The van der Waals surface area contributed by atoms with Crippen LogP contribution in [-0.2, 0) is 6.18 Å². The van der Waals surface area contributed by atoms with Gasteiger partial charge in [-0.1, -0.05) is 24.3 Å². The minimum atomic E-state index is -4.68. The number of nitrogens with one attached hydrogen (secondary N) is 1. The van der Waals surface area contributed by atoms with Crippen molar-refractivity contribution in [2.24, 2.45) is 0 Å². The Morgan fingerprint density at radius 3 is 2.52 bits per heavy atom. The zero-order chi connectivity index (χ0) is 23.2. The number of carbonyl (C=O) groups is 1. The standard InChI is InChI=1S/C22H15F3N6OS/c1-13-10-19(30(28-13)14-6-3-2-4-7-14)27-21(32)16-12-20-26-15(17-8-5-9-33-17)11-18(22(23,24)25)31(20)29-16/h2-12H,1H3,(H,27,32). The highest BCUT2D eigenvalue weighted by molar-refractivity contribution is 7.13. The number of alkyl halides is 3. The number of anilines is 1. The third-order valence-corrected chi connectivity index (χ3v) is 5.69. The van der Waals surface area contributed by atoms with E-state index < -0.39 is 17.8 Å². The molecule has 4 aromatic heterocycles. The van der Waals surface area contributed by atoms with E-state index in [4.69, 9.17) is 0 Å². The molecular weight excluding hydrogens is 453 g/mol. The number of para-hydroxylation sites is 1. The summed E-state index contributed by atoms with van der Waals surface area (Å²) in [6.45, 7) is 1.77. The number of rotatable bonds is 4. The van der Waals surface area contributed by atoms with Gasteiger partial charge in [0.1, 0.15) is 5.82 Å². The monoisotopic (exact) mass is 468 g/mol.